The van der Waals surface area contributed by atoms with Gasteiger partial charge in [0, 0.05) is 16.7 Å². The minimum absolute atomic E-state index is 0.149. The van der Waals surface area contributed by atoms with Crippen LogP contribution < -0.4 is 5.32 Å². The minimum Gasteiger partial charge on any atom is -0.356 e. The van der Waals surface area contributed by atoms with Crippen LogP contribution in [0.5, 0.6) is 0 Å². The van der Waals surface area contributed by atoms with Gasteiger partial charge in [-0.2, -0.15) is 0 Å². The molecule has 0 saturated heterocycles. The topological polar surface area (TPSA) is 68.0 Å². The van der Waals surface area contributed by atoms with Crippen LogP contribution in [0, 0.1) is 13.8 Å². The molecule has 0 unspecified atom stereocenters. The number of hydrogen-bond donors (Lipinski definition) is 1. The molecular weight excluding hydrogens is 334 g/mol. The molecule has 0 aliphatic carbocycles. The number of hydrogen-bond acceptors (Lipinski definition) is 5. The van der Waals surface area contributed by atoms with Crippen molar-refractivity contribution in [2.24, 2.45) is 0 Å². The Morgan fingerprint density at radius 3 is 2.70 bits per heavy atom. The van der Waals surface area contributed by atoms with E-state index in [-0.39, 0.29) is 5.91 Å². The third kappa shape index (κ3) is 3.60. The number of aromatic nitrogens is 2. The van der Waals surface area contributed by atoms with Crippen molar-refractivity contribution in [3.63, 3.8) is 0 Å². The van der Waals surface area contributed by atoms with Gasteiger partial charge < -0.3 is 9.84 Å². The molecule has 118 valence electrons. The van der Waals surface area contributed by atoms with Crippen LogP contribution in [0.15, 0.2) is 34.9 Å². The lowest BCUT2D eigenvalue weighted by atomic mass is 10.1. The Bertz CT molecular complexity index is 839. The second kappa shape index (κ2) is 6.52. The number of benzene rings is 1. The molecule has 2 aromatic heterocycles. The number of rotatable bonds is 4. The lowest BCUT2D eigenvalue weighted by Gasteiger charge is -2.00. The maximum Gasteiger partial charge on any atom is 0.263 e. The molecule has 23 heavy (non-hydrogen) atoms. The van der Waals surface area contributed by atoms with E-state index < -0.39 is 0 Å². The van der Waals surface area contributed by atoms with Gasteiger partial charge in [-0.25, -0.2) is 4.98 Å². The summed E-state index contributed by atoms with van der Waals surface area (Å²) in [5.74, 6) is 0.486. The number of carbonyl (C=O) groups excluding carboxylic acids is 1. The molecule has 0 fully saturated rings. The van der Waals surface area contributed by atoms with Gasteiger partial charge in [0.1, 0.15) is 10.6 Å². The molecule has 0 aliphatic heterocycles. The first-order valence-corrected chi connectivity index (χ1v) is 8.16. The van der Waals surface area contributed by atoms with E-state index in [1.54, 1.807) is 18.2 Å². The first-order valence-electron chi connectivity index (χ1n) is 6.96. The smallest absolute Gasteiger partial charge is 0.263 e. The number of halogens is 1. The number of amides is 1. The van der Waals surface area contributed by atoms with Gasteiger partial charge in [0.15, 0.2) is 5.76 Å². The zero-order chi connectivity index (χ0) is 16.4. The van der Waals surface area contributed by atoms with E-state index in [0.717, 1.165) is 16.3 Å². The summed E-state index contributed by atoms with van der Waals surface area (Å²) in [5, 5.41) is 8.34. The maximum atomic E-state index is 12.2. The normalized spacial score (nSPS) is 10.7. The Morgan fingerprint density at radius 2 is 2.04 bits per heavy atom. The van der Waals surface area contributed by atoms with E-state index in [4.69, 9.17) is 16.1 Å². The van der Waals surface area contributed by atoms with Gasteiger partial charge in [-0.15, -0.1) is 11.3 Å². The second-order valence-corrected chi connectivity index (χ2v) is 6.66. The first-order chi connectivity index (χ1) is 11.0. The van der Waals surface area contributed by atoms with Crippen LogP contribution in [0.2, 0.25) is 5.02 Å². The summed E-state index contributed by atoms with van der Waals surface area (Å²) in [6, 6.07) is 9.09. The molecule has 2 heterocycles. The van der Waals surface area contributed by atoms with E-state index in [1.165, 1.54) is 11.3 Å². The van der Waals surface area contributed by atoms with Crippen molar-refractivity contribution in [3.8, 4) is 11.3 Å². The number of nitrogens with one attached hydrogen (secondary N) is 1. The van der Waals surface area contributed by atoms with Crippen LogP contribution in [-0.2, 0) is 6.54 Å². The Hall–Kier alpha value is -2.18. The van der Waals surface area contributed by atoms with Crippen LogP contribution >= 0.6 is 22.9 Å². The molecule has 0 radical (unpaired) electrons. The maximum absolute atomic E-state index is 12.2. The minimum atomic E-state index is -0.149. The molecule has 0 aliphatic rings. The van der Waals surface area contributed by atoms with E-state index in [1.807, 2.05) is 26.0 Å². The van der Waals surface area contributed by atoms with Crippen molar-refractivity contribution >= 4 is 28.8 Å². The van der Waals surface area contributed by atoms with Crippen molar-refractivity contribution in [3.05, 3.63) is 56.6 Å². The molecule has 5 nitrogen and oxygen atoms in total. The Kier molecular flexibility index (Phi) is 4.45. The second-order valence-electron chi connectivity index (χ2n) is 5.02. The highest BCUT2D eigenvalue weighted by molar-refractivity contribution is 7.13. The average molecular weight is 348 g/mol. The van der Waals surface area contributed by atoms with Crippen molar-refractivity contribution in [2.75, 3.05) is 0 Å². The van der Waals surface area contributed by atoms with Gasteiger partial charge in [0.25, 0.3) is 5.91 Å². The molecule has 3 rings (SSSR count). The van der Waals surface area contributed by atoms with Crippen LogP contribution in [0.3, 0.4) is 0 Å². The summed E-state index contributed by atoms with van der Waals surface area (Å²) in [6.45, 7) is 4.00. The van der Waals surface area contributed by atoms with Crippen LogP contribution in [0.25, 0.3) is 11.3 Å². The van der Waals surface area contributed by atoms with Gasteiger partial charge >= 0.3 is 0 Å². The SMILES string of the molecule is Cc1nc(C)c(C(=O)NCc2cc(-c3ccc(Cl)cc3)on2)s1. The summed E-state index contributed by atoms with van der Waals surface area (Å²) in [4.78, 5) is 17.0. The van der Waals surface area contributed by atoms with E-state index >= 15 is 0 Å². The monoisotopic (exact) mass is 347 g/mol. The first kappa shape index (κ1) is 15.7. The quantitative estimate of drug-likeness (QED) is 0.774. The molecule has 3 aromatic rings. The fraction of sp³-hybridized carbons (Fsp3) is 0.188. The van der Waals surface area contributed by atoms with Gasteiger partial charge in [-0.1, -0.05) is 16.8 Å². The highest BCUT2D eigenvalue weighted by Gasteiger charge is 2.14. The number of thiazole rings is 1. The third-order valence-corrected chi connectivity index (χ3v) is 4.55. The van der Waals surface area contributed by atoms with Gasteiger partial charge in [-0.05, 0) is 38.1 Å². The van der Waals surface area contributed by atoms with Gasteiger partial charge in [0.2, 0.25) is 0 Å². The predicted octanol–water partition coefficient (Wildman–Crippen LogP) is 4.00. The van der Waals surface area contributed by atoms with E-state index in [2.05, 4.69) is 15.5 Å². The van der Waals surface area contributed by atoms with Gasteiger partial charge in [-0.3, -0.25) is 4.79 Å². The van der Waals surface area contributed by atoms with Crippen LogP contribution in [0.4, 0.5) is 0 Å². The Balaban J connectivity index is 1.66. The molecule has 7 heteroatoms. The number of aryl methyl sites for hydroxylation is 2. The molecule has 1 aromatic carbocycles. The van der Waals surface area contributed by atoms with Crippen molar-refractivity contribution < 1.29 is 9.32 Å². The molecule has 0 bridgehead atoms. The molecule has 0 spiro atoms. The lowest BCUT2D eigenvalue weighted by Crippen LogP contribution is -2.22. The van der Waals surface area contributed by atoms with Crippen LogP contribution in [0.1, 0.15) is 26.1 Å². The standard InChI is InChI=1S/C16H14ClN3O2S/c1-9-15(23-10(2)19-9)16(21)18-8-13-7-14(22-20-13)11-3-5-12(17)6-4-11/h3-7H,8H2,1-2H3,(H,18,21). The molecule has 1 amide bonds. The molecule has 0 saturated carbocycles. The summed E-state index contributed by atoms with van der Waals surface area (Å²) < 4.78 is 5.30. The summed E-state index contributed by atoms with van der Waals surface area (Å²) in [5.41, 5.74) is 2.28. The lowest BCUT2D eigenvalue weighted by molar-refractivity contribution is 0.0953. The van der Waals surface area contributed by atoms with E-state index in [9.17, 15) is 4.79 Å². The fourth-order valence-electron chi connectivity index (χ4n) is 2.14. The Labute approximate surface area is 142 Å². The van der Waals surface area contributed by atoms with Crippen molar-refractivity contribution in [2.45, 2.75) is 20.4 Å². The largest absolute Gasteiger partial charge is 0.356 e. The van der Waals surface area contributed by atoms with Gasteiger partial charge in [0.05, 0.1) is 17.2 Å². The fourth-order valence-corrected chi connectivity index (χ4v) is 3.10. The molecule has 0 atom stereocenters. The zero-order valence-corrected chi connectivity index (χ0v) is 14.2. The predicted molar refractivity (Wildman–Crippen MR) is 89.7 cm³/mol. The van der Waals surface area contributed by atoms with Crippen molar-refractivity contribution in [1.29, 1.82) is 0 Å². The zero-order valence-electron chi connectivity index (χ0n) is 12.6. The summed E-state index contributed by atoms with van der Waals surface area (Å²) >= 11 is 7.25. The van der Waals surface area contributed by atoms with Crippen molar-refractivity contribution in [1.82, 2.24) is 15.5 Å². The van der Waals surface area contributed by atoms with Crippen LogP contribution in [-0.4, -0.2) is 16.0 Å². The molecular formula is C16H14ClN3O2S. The average Bonchev–Trinajstić information content (AvgIpc) is 3.12. The van der Waals surface area contributed by atoms with E-state index in [0.29, 0.717) is 27.9 Å². The highest BCUT2D eigenvalue weighted by atomic mass is 35.5. The number of nitrogens with zero attached hydrogens (tertiary/aromatic N) is 2. The number of carbonyl (C=O) groups is 1. The Morgan fingerprint density at radius 1 is 1.30 bits per heavy atom. The third-order valence-electron chi connectivity index (χ3n) is 3.23. The summed E-state index contributed by atoms with van der Waals surface area (Å²) in [7, 11) is 0. The molecule has 1 N–H and O–H groups in total. The summed E-state index contributed by atoms with van der Waals surface area (Å²) in [6.07, 6.45) is 0. The highest BCUT2D eigenvalue weighted by Crippen LogP contribution is 2.22.